The zero-order valence-electron chi connectivity index (χ0n) is 12.8. The minimum absolute atomic E-state index is 0.0417. The molecule has 1 fully saturated rings. The molecule has 120 valence electrons. The quantitative estimate of drug-likeness (QED) is 0.750. The van der Waals surface area contributed by atoms with Crippen molar-refractivity contribution in [2.24, 2.45) is 5.92 Å². The van der Waals surface area contributed by atoms with Crippen LogP contribution in [0.25, 0.3) is 0 Å². The summed E-state index contributed by atoms with van der Waals surface area (Å²) in [5, 5.41) is 3.05. The Morgan fingerprint density at radius 1 is 1.48 bits per heavy atom. The lowest BCUT2D eigenvalue weighted by Gasteiger charge is -2.27. The van der Waals surface area contributed by atoms with Gasteiger partial charge in [-0.2, -0.15) is 4.31 Å². The molecule has 0 saturated heterocycles. The summed E-state index contributed by atoms with van der Waals surface area (Å²) in [5.74, 6) is 0.494. The normalized spacial score (nSPS) is 17.3. The van der Waals surface area contributed by atoms with E-state index in [1.165, 1.54) is 11.3 Å². The maximum absolute atomic E-state index is 12.9. The zero-order valence-corrected chi connectivity index (χ0v) is 14.5. The lowest BCUT2D eigenvalue weighted by atomic mass is 10.2. The fraction of sp³-hybridized carbons (Fsp3) is 0.714. The van der Waals surface area contributed by atoms with Crippen LogP contribution in [0.1, 0.15) is 24.6 Å². The van der Waals surface area contributed by atoms with Gasteiger partial charge in [-0.05, 0) is 44.9 Å². The van der Waals surface area contributed by atoms with Crippen LogP contribution in [-0.4, -0.2) is 46.1 Å². The molecule has 0 spiro atoms. The average molecular weight is 332 g/mol. The van der Waals surface area contributed by atoms with Gasteiger partial charge >= 0.3 is 0 Å². The van der Waals surface area contributed by atoms with Crippen LogP contribution in [0.2, 0.25) is 0 Å². The first-order chi connectivity index (χ1) is 10.0. The summed E-state index contributed by atoms with van der Waals surface area (Å²) in [7, 11) is 0.0241. The van der Waals surface area contributed by atoms with Crippen LogP contribution in [0.3, 0.4) is 0 Å². The molecule has 1 atom stereocenters. The molecule has 1 saturated carbocycles. The number of hydrogen-bond donors (Lipinski definition) is 1. The third-order valence-electron chi connectivity index (χ3n) is 3.83. The second kappa shape index (κ2) is 7.19. The number of nitrogens with one attached hydrogen (secondary N) is 1. The summed E-state index contributed by atoms with van der Waals surface area (Å²) in [5.41, 5.74) is 0. The maximum atomic E-state index is 12.9. The highest BCUT2D eigenvalue weighted by Crippen LogP contribution is 2.37. The van der Waals surface area contributed by atoms with Crippen molar-refractivity contribution in [3.63, 3.8) is 0 Å². The van der Waals surface area contributed by atoms with Crippen LogP contribution in [0.15, 0.2) is 16.3 Å². The lowest BCUT2D eigenvalue weighted by Crippen LogP contribution is -2.41. The van der Waals surface area contributed by atoms with Crippen molar-refractivity contribution in [2.45, 2.75) is 36.6 Å². The number of ether oxygens (including phenoxy) is 1. The minimum Gasteiger partial charge on any atom is -0.383 e. The van der Waals surface area contributed by atoms with E-state index in [-0.39, 0.29) is 6.04 Å². The number of thiophene rings is 1. The Kier molecular flexibility index (Phi) is 5.79. The van der Waals surface area contributed by atoms with Crippen molar-refractivity contribution >= 4 is 21.4 Å². The van der Waals surface area contributed by atoms with Crippen molar-refractivity contribution in [1.29, 1.82) is 0 Å². The number of hydrogen-bond acceptors (Lipinski definition) is 5. The Labute approximate surface area is 131 Å². The van der Waals surface area contributed by atoms with Gasteiger partial charge in [0.15, 0.2) is 0 Å². The second-order valence-corrected chi connectivity index (χ2v) is 8.72. The third kappa shape index (κ3) is 4.04. The topological polar surface area (TPSA) is 58.6 Å². The molecular formula is C14H24N2O3S2. The van der Waals surface area contributed by atoms with Gasteiger partial charge in [-0.3, -0.25) is 0 Å². The number of nitrogens with zero attached hydrogens (tertiary/aromatic N) is 1. The van der Waals surface area contributed by atoms with Gasteiger partial charge in [-0.25, -0.2) is 8.42 Å². The van der Waals surface area contributed by atoms with Crippen LogP contribution in [0, 0.1) is 5.92 Å². The van der Waals surface area contributed by atoms with Crippen molar-refractivity contribution in [3.05, 3.63) is 17.0 Å². The van der Waals surface area contributed by atoms with Gasteiger partial charge in [-0.15, -0.1) is 11.3 Å². The molecule has 0 radical (unpaired) electrons. The van der Waals surface area contributed by atoms with E-state index in [9.17, 15) is 8.42 Å². The van der Waals surface area contributed by atoms with Crippen LogP contribution >= 0.6 is 11.3 Å². The third-order valence-corrected chi connectivity index (χ3v) is 7.36. The van der Waals surface area contributed by atoms with Crippen LogP contribution in [0.5, 0.6) is 0 Å². The first-order valence-corrected chi connectivity index (χ1v) is 9.50. The molecule has 1 N–H and O–H groups in total. The van der Waals surface area contributed by atoms with E-state index in [0.717, 1.165) is 17.7 Å². The van der Waals surface area contributed by atoms with E-state index in [4.69, 9.17) is 4.74 Å². The smallest absolute Gasteiger partial charge is 0.252 e. The van der Waals surface area contributed by atoms with Crippen molar-refractivity contribution < 1.29 is 13.2 Å². The Balaban J connectivity index is 2.22. The van der Waals surface area contributed by atoms with Gasteiger partial charge < -0.3 is 10.1 Å². The van der Waals surface area contributed by atoms with Crippen molar-refractivity contribution in [2.75, 3.05) is 27.3 Å². The number of rotatable bonds is 9. The highest BCUT2D eigenvalue weighted by Gasteiger charge is 2.38. The molecule has 1 heterocycles. The molecule has 0 amide bonds. The highest BCUT2D eigenvalue weighted by molar-refractivity contribution is 7.91. The van der Waals surface area contributed by atoms with Crippen molar-refractivity contribution in [3.8, 4) is 0 Å². The van der Waals surface area contributed by atoms with E-state index in [0.29, 0.717) is 29.8 Å². The molecule has 0 bridgehead atoms. The molecule has 7 heteroatoms. The summed E-state index contributed by atoms with van der Waals surface area (Å²) in [6.45, 7) is 3.53. The van der Waals surface area contributed by atoms with Crippen LogP contribution in [-0.2, 0) is 21.3 Å². The molecule has 1 aliphatic carbocycles. The molecule has 2 rings (SSSR count). The predicted molar refractivity (Wildman–Crippen MR) is 85.0 cm³/mol. The van der Waals surface area contributed by atoms with E-state index < -0.39 is 10.0 Å². The molecular weight excluding hydrogens is 308 g/mol. The van der Waals surface area contributed by atoms with E-state index >= 15 is 0 Å². The Hall–Kier alpha value is -0.470. The minimum atomic E-state index is -3.43. The summed E-state index contributed by atoms with van der Waals surface area (Å²) in [4.78, 5) is 1.03. The van der Waals surface area contributed by atoms with E-state index in [2.05, 4.69) is 5.32 Å². The monoisotopic (exact) mass is 332 g/mol. The SMILES string of the molecule is CNCc1ccc(S(=O)(=O)N(CCOC)C(C)C2CC2)s1. The van der Waals surface area contributed by atoms with Crippen LogP contribution in [0.4, 0.5) is 0 Å². The Morgan fingerprint density at radius 3 is 2.76 bits per heavy atom. The molecule has 5 nitrogen and oxygen atoms in total. The van der Waals surface area contributed by atoms with E-state index in [1.54, 1.807) is 17.5 Å². The predicted octanol–water partition coefficient (Wildman–Crippen LogP) is 1.90. The number of methoxy groups -OCH3 is 1. The highest BCUT2D eigenvalue weighted by atomic mass is 32.2. The summed E-state index contributed by atoms with van der Waals surface area (Å²) in [6, 6.07) is 3.64. The first-order valence-electron chi connectivity index (χ1n) is 7.24. The summed E-state index contributed by atoms with van der Waals surface area (Å²) >= 11 is 1.34. The molecule has 0 aliphatic heterocycles. The fourth-order valence-corrected chi connectivity index (χ4v) is 5.59. The zero-order chi connectivity index (χ0) is 15.5. The average Bonchev–Trinajstić information content (AvgIpc) is 3.19. The molecule has 1 aromatic heterocycles. The largest absolute Gasteiger partial charge is 0.383 e. The van der Waals surface area contributed by atoms with Gasteiger partial charge in [0.05, 0.1) is 6.61 Å². The molecule has 1 unspecified atom stereocenters. The fourth-order valence-electron chi connectivity index (χ4n) is 2.42. The summed E-state index contributed by atoms with van der Waals surface area (Å²) < 4.78 is 32.9. The van der Waals surface area contributed by atoms with Crippen molar-refractivity contribution in [1.82, 2.24) is 9.62 Å². The molecule has 1 aliphatic rings. The lowest BCUT2D eigenvalue weighted by molar-refractivity contribution is 0.164. The van der Waals surface area contributed by atoms with Gasteiger partial charge in [0.1, 0.15) is 4.21 Å². The van der Waals surface area contributed by atoms with E-state index in [1.807, 2.05) is 20.0 Å². The second-order valence-electron chi connectivity index (χ2n) is 5.44. The molecule has 21 heavy (non-hydrogen) atoms. The van der Waals surface area contributed by atoms with Gasteiger partial charge in [-0.1, -0.05) is 0 Å². The Morgan fingerprint density at radius 2 is 2.19 bits per heavy atom. The first kappa shape index (κ1) is 16.9. The molecule has 1 aromatic rings. The van der Waals surface area contributed by atoms with Crippen LogP contribution < -0.4 is 5.32 Å². The molecule has 0 aromatic carbocycles. The van der Waals surface area contributed by atoms with Gasteiger partial charge in [0.2, 0.25) is 0 Å². The standard InChI is InChI=1S/C14H24N2O3S2/c1-11(12-4-5-12)16(8-9-19-3)21(17,18)14-7-6-13(20-14)10-15-2/h6-7,11-12,15H,4-5,8-10H2,1-3H3. The Bertz CT molecular complexity index is 552. The van der Waals surface area contributed by atoms with Gasteiger partial charge in [0, 0.05) is 31.1 Å². The summed E-state index contributed by atoms with van der Waals surface area (Å²) in [6.07, 6.45) is 2.24. The maximum Gasteiger partial charge on any atom is 0.252 e. The van der Waals surface area contributed by atoms with Gasteiger partial charge in [0.25, 0.3) is 10.0 Å². The number of sulfonamides is 1.